The normalized spacial score (nSPS) is 12.2. The first-order chi connectivity index (χ1) is 9.60. The van der Waals surface area contributed by atoms with Gasteiger partial charge in [-0.05, 0) is 58.4 Å². The van der Waals surface area contributed by atoms with E-state index in [0.717, 1.165) is 32.8 Å². The van der Waals surface area contributed by atoms with E-state index < -0.39 is 0 Å². The highest BCUT2D eigenvalue weighted by Crippen LogP contribution is 2.31. The molecule has 1 aromatic heterocycles. The van der Waals surface area contributed by atoms with Gasteiger partial charge in [0.15, 0.2) is 11.5 Å². The highest BCUT2D eigenvalue weighted by molar-refractivity contribution is 9.10. The summed E-state index contributed by atoms with van der Waals surface area (Å²) in [7, 11) is 1.65. The Balaban J connectivity index is 2.13. The molecule has 5 heteroatoms. The summed E-state index contributed by atoms with van der Waals surface area (Å²) in [5.74, 6) is 1.50. The van der Waals surface area contributed by atoms with Gasteiger partial charge in [-0.2, -0.15) is 0 Å². The van der Waals surface area contributed by atoms with Crippen molar-refractivity contribution in [1.82, 2.24) is 0 Å². The van der Waals surface area contributed by atoms with E-state index in [0.29, 0.717) is 6.61 Å². The van der Waals surface area contributed by atoms with Gasteiger partial charge in [0.1, 0.15) is 6.61 Å². The predicted octanol–water partition coefficient (Wildman–Crippen LogP) is 3.99. The monoisotopic (exact) mass is 355 g/mol. The van der Waals surface area contributed by atoms with Crippen LogP contribution >= 0.6 is 27.3 Å². The smallest absolute Gasteiger partial charge is 0.161 e. The van der Waals surface area contributed by atoms with E-state index in [2.05, 4.69) is 15.9 Å². The molecule has 1 aromatic carbocycles. The molecular weight excluding hydrogens is 338 g/mol. The molecule has 20 heavy (non-hydrogen) atoms. The summed E-state index contributed by atoms with van der Waals surface area (Å²) in [5.41, 5.74) is 6.99. The molecule has 0 saturated heterocycles. The number of rotatable bonds is 6. The van der Waals surface area contributed by atoms with Gasteiger partial charge in [-0.25, -0.2) is 0 Å². The molecule has 0 fully saturated rings. The number of halogens is 1. The van der Waals surface area contributed by atoms with Crippen LogP contribution in [0.2, 0.25) is 0 Å². The molecule has 0 amide bonds. The van der Waals surface area contributed by atoms with Crippen LogP contribution in [0.25, 0.3) is 0 Å². The zero-order chi connectivity index (χ0) is 14.5. The van der Waals surface area contributed by atoms with Crippen LogP contribution in [-0.2, 0) is 13.0 Å². The minimum Gasteiger partial charge on any atom is -0.493 e. The fraction of sp³-hybridized carbons (Fsp3) is 0.333. The van der Waals surface area contributed by atoms with Crippen LogP contribution in [0.3, 0.4) is 0 Å². The largest absolute Gasteiger partial charge is 0.493 e. The molecular formula is C15H18BrNO2S. The predicted molar refractivity (Wildman–Crippen MR) is 86.7 cm³/mol. The van der Waals surface area contributed by atoms with E-state index in [1.165, 1.54) is 0 Å². The fourth-order valence-corrected chi connectivity index (χ4v) is 3.28. The lowest BCUT2D eigenvalue weighted by Gasteiger charge is -2.13. The molecule has 1 heterocycles. The summed E-state index contributed by atoms with van der Waals surface area (Å²) < 4.78 is 12.3. The molecule has 1 unspecified atom stereocenters. The molecule has 0 aliphatic heterocycles. The molecule has 1 atom stereocenters. The van der Waals surface area contributed by atoms with E-state index in [4.69, 9.17) is 15.2 Å². The Morgan fingerprint density at radius 3 is 2.70 bits per heavy atom. The van der Waals surface area contributed by atoms with Gasteiger partial charge < -0.3 is 15.2 Å². The Morgan fingerprint density at radius 2 is 2.10 bits per heavy atom. The summed E-state index contributed by atoms with van der Waals surface area (Å²) in [6.07, 6.45) is 0.822. The summed E-state index contributed by atoms with van der Waals surface area (Å²) in [5, 5.41) is 2.03. The third-order valence-corrected chi connectivity index (χ3v) is 4.74. The highest BCUT2D eigenvalue weighted by atomic mass is 79.9. The molecule has 0 aliphatic rings. The topological polar surface area (TPSA) is 44.5 Å². The minimum absolute atomic E-state index is 0.127. The molecule has 2 aromatic rings. The summed E-state index contributed by atoms with van der Waals surface area (Å²) >= 11 is 5.17. The standard InChI is InChI=1S/C15H18BrNO2S/c1-10(17)7-11-3-4-13(18-2)14(8-11)19-9-15-12(16)5-6-20-15/h3-6,8,10H,7,9,17H2,1-2H3. The lowest BCUT2D eigenvalue weighted by Crippen LogP contribution is -2.17. The molecule has 3 nitrogen and oxygen atoms in total. The van der Waals surface area contributed by atoms with Crippen molar-refractivity contribution in [2.24, 2.45) is 5.73 Å². The van der Waals surface area contributed by atoms with Crippen LogP contribution in [0.1, 0.15) is 17.4 Å². The summed E-state index contributed by atoms with van der Waals surface area (Å²) in [4.78, 5) is 1.16. The zero-order valence-corrected chi connectivity index (χ0v) is 14.0. The quantitative estimate of drug-likeness (QED) is 0.851. The first-order valence-electron chi connectivity index (χ1n) is 6.37. The van der Waals surface area contributed by atoms with Gasteiger partial charge in [0.05, 0.1) is 12.0 Å². The number of benzene rings is 1. The van der Waals surface area contributed by atoms with Gasteiger partial charge in [-0.3, -0.25) is 0 Å². The molecule has 2 rings (SSSR count). The van der Waals surface area contributed by atoms with Crippen molar-refractivity contribution in [2.75, 3.05) is 7.11 Å². The summed E-state index contributed by atoms with van der Waals surface area (Å²) in [6.45, 7) is 2.52. The molecule has 2 N–H and O–H groups in total. The summed E-state index contributed by atoms with van der Waals surface area (Å²) in [6, 6.07) is 8.10. The number of nitrogens with two attached hydrogens (primary N) is 1. The Kier molecular flexibility index (Phi) is 5.46. The van der Waals surface area contributed by atoms with Gasteiger partial charge in [-0.1, -0.05) is 6.07 Å². The second-order valence-electron chi connectivity index (χ2n) is 4.65. The van der Waals surface area contributed by atoms with E-state index in [9.17, 15) is 0 Å². The third kappa shape index (κ3) is 3.98. The van der Waals surface area contributed by atoms with Gasteiger partial charge in [0.2, 0.25) is 0 Å². The van der Waals surface area contributed by atoms with Crippen LogP contribution in [0.5, 0.6) is 11.5 Å². The maximum Gasteiger partial charge on any atom is 0.161 e. The second-order valence-corrected chi connectivity index (χ2v) is 6.50. The molecule has 0 bridgehead atoms. The molecule has 0 spiro atoms. The lowest BCUT2D eigenvalue weighted by atomic mass is 10.1. The molecule has 0 saturated carbocycles. The van der Waals surface area contributed by atoms with Crippen LogP contribution in [0.15, 0.2) is 34.1 Å². The van der Waals surface area contributed by atoms with Crippen LogP contribution in [0.4, 0.5) is 0 Å². The lowest BCUT2D eigenvalue weighted by molar-refractivity contribution is 0.286. The average Bonchev–Trinajstić information content (AvgIpc) is 2.81. The van der Waals surface area contributed by atoms with Crippen LogP contribution < -0.4 is 15.2 Å². The number of hydrogen-bond donors (Lipinski definition) is 1. The van der Waals surface area contributed by atoms with E-state index in [-0.39, 0.29) is 6.04 Å². The van der Waals surface area contributed by atoms with Gasteiger partial charge in [0, 0.05) is 10.5 Å². The van der Waals surface area contributed by atoms with Crippen molar-refractivity contribution >= 4 is 27.3 Å². The van der Waals surface area contributed by atoms with Gasteiger partial charge in [-0.15, -0.1) is 11.3 Å². The van der Waals surface area contributed by atoms with Crippen LogP contribution in [-0.4, -0.2) is 13.2 Å². The maximum absolute atomic E-state index is 5.89. The van der Waals surface area contributed by atoms with Gasteiger partial charge in [0.25, 0.3) is 0 Å². The fourth-order valence-electron chi connectivity index (χ4n) is 1.90. The number of hydrogen-bond acceptors (Lipinski definition) is 4. The van der Waals surface area contributed by atoms with E-state index in [1.54, 1.807) is 18.4 Å². The Labute approximate surface area is 131 Å². The first-order valence-corrected chi connectivity index (χ1v) is 8.04. The Hall–Kier alpha value is -1.04. The van der Waals surface area contributed by atoms with Crippen molar-refractivity contribution in [3.63, 3.8) is 0 Å². The number of ether oxygens (including phenoxy) is 2. The molecule has 0 radical (unpaired) electrons. The second kappa shape index (κ2) is 7.11. The first kappa shape index (κ1) is 15.4. The Morgan fingerprint density at radius 1 is 1.30 bits per heavy atom. The van der Waals surface area contributed by atoms with Crippen molar-refractivity contribution in [3.05, 3.63) is 44.6 Å². The van der Waals surface area contributed by atoms with Crippen LogP contribution in [0, 0.1) is 0 Å². The average molecular weight is 356 g/mol. The van der Waals surface area contributed by atoms with E-state index >= 15 is 0 Å². The van der Waals surface area contributed by atoms with Crippen molar-refractivity contribution in [3.8, 4) is 11.5 Å². The number of thiophene rings is 1. The highest BCUT2D eigenvalue weighted by Gasteiger charge is 2.09. The number of methoxy groups -OCH3 is 1. The van der Waals surface area contributed by atoms with Crippen molar-refractivity contribution in [2.45, 2.75) is 26.0 Å². The molecule has 0 aliphatic carbocycles. The maximum atomic E-state index is 5.89. The molecule has 108 valence electrons. The zero-order valence-electron chi connectivity index (χ0n) is 11.6. The van der Waals surface area contributed by atoms with E-state index in [1.807, 2.05) is 36.6 Å². The van der Waals surface area contributed by atoms with Gasteiger partial charge >= 0.3 is 0 Å². The SMILES string of the molecule is COc1ccc(CC(C)N)cc1OCc1sccc1Br. The van der Waals surface area contributed by atoms with Crippen molar-refractivity contribution in [1.29, 1.82) is 0 Å². The Bertz CT molecular complexity index is 569. The third-order valence-electron chi connectivity index (χ3n) is 2.84. The minimum atomic E-state index is 0.127. The van der Waals surface area contributed by atoms with Crippen molar-refractivity contribution < 1.29 is 9.47 Å².